The second kappa shape index (κ2) is 38.1. The van der Waals surface area contributed by atoms with Crippen LogP contribution in [-0.2, 0) is 9.47 Å². The highest BCUT2D eigenvalue weighted by molar-refractivity contribution is 4.77. The van der Waals surface area contributed by atoms with Gasteiger partial charge in [0.05, 0.1) is 19.1 Å². The van der Waals surface area contributed by atoms with Crippen LogP contribution in [-0.4, -0.2) is 24.4 Å². The molecule has 0 spiro atoms. The van der Waals surface area contributed by atoms with E-state index in [2.05, 4.69) is 26.0 Å². The summed E-state index contributed by atoms with van der Waals surface area (Å²) < 4.78 is 11.2. The van der Waals surface area contributed by atoms with Gasteiger partial charge < -0.3 is 14.6 Å². The predicted molar refractivity (Wildman–Crippen MR) is 186 cm³/mol. The molecule has 0 heterocycles. The van der Waals surface area contributed by atoms with Gasteiger partial charge in [-0.1, -0.05) is 181 Å². The number of unbranched alkanes of at least 4 members (excludes halogenated alkanes) is 28. The Morgan fingerprint density at radius 1 is 0.429 bits per heavy atom. The maximum absolute atomic E-state index is 9.54. The smallest absolute Gasteiger partial charge is 0.154 e. The molecule has 0 rings (SSSR count). The van der Waals surface area contributed by atoms with Gasteiger partial charge in [0.25, 0.3) is 0 Å². The Labute approximate surface area is 264 Å². The summed E-state index contributed by atoms with van der Waals surface area (Å²) in [7, 11) is 0. The number of aliphatic hydroxyl groups excluding tert-OH is 1. The van der Waals surface area contributed by atoms with Crippen LogP contribution in [0.3, 0.4) is 0 Å². The van der Waals surface area contributed by atoms with E-state index in [4.69, 9.17) is 9.47 Å². The summed E-state index contributed by atoms with van der Waals surface area (Å²) in [6.45, 7) is 4.96. The lowest BCUT2D eigenvalue weighted by molar-refractivity contribution is 0.0260. The zero-order valence-corrected chi connectivity index (χ0v) is 28.8. The zero-order chi connectivity index (χ0) is 30.4. The summed E-state index contributed by atoms with van der Waals surface area (Å²) in [5, 5.41) is 9.54. The van der Waals surface area contributed by atoms with Gasteiger partial charge in [-0.2, -0.15) is 0 Å². The van der Waals surface area contributed by atoms with Gasteiger partial charge in [-0.05, 0) is 37.8 Å². The zero-order valence-electron chi connectivity index (χ0n) is 28.8. The highest BCUT2D eigenvalue weighted by Crippen LogP contribution is 2.15. The van der Waals surface area contributed by atoms with Crippen molar-refractivity contribution < 1.29 is 14.6 Å². The number of hydrogen-bond acceptors (Lipinski definition) is 3. The Bertz CT molecular complexity index is 530. The fraction of sp³-hybridized carbons (Fsp3) is 0.897. The third-order valence-electron chi connectivity index (χ3n) is 8.49. The molecule has 0 amide bonds. The summed E-state index contributed by atoms with van der Waals surface area (Å²) in [5.41, 5.74) is 0. The van der Waals surface area contributed by atoms with E-state index < -0.39 is 0 Å². The molecular weight excluding hydrogens is 516 g/mol. The first-order valence-corrected chi connectivity index (χ1v) is 19.0. The van der Waals surface area contributed by atoms with Crippen molar-refractivity contribution in [2.45, 2.75) is 213 Å². The van der Waals surface area contributed by atoms with Crippen LogP contribution in [0.5, 0.6) is 0 Å². The highest BCUT2D eigenvalue weighted by atomic mass is 16.5. The fourth-order valence-corrected chi connectivity index (χ4v) is 5.58. The lowest BCUT2D eigenvalue weighted by Crippen LogP contribution is -2.20. The van der Waals surface area contributed by atoms with E-state index in [1.807, 2.05) is 0 Å². The summed E-state index contributed by atoms with van der Waals surface area (Å²) in [5.74, 6) is 0. The van der Waals surface area contributed by atoms with Crippen molar-refractivity contribution >= 4 is 0 Å². The average molecular weight is 593 g/mol. The first kappa shape index (κ1) is 41.0. The molecule has 42 heavy (non-hydrogen) atoms. The third kappa shape index (κ3) is 35.2. The maximum Gasteiger partial charge on any atom is 0.154 e. The Morgan fingerprint density at radius 3 is 1.07 bits per heavy atom. The van der Waals surface area contributed by atoms with Gasteiger partial charge >= 0.3 is 0 Å². The van der Waals surface area contributed by atoms with Crippen LogP contribution >= 0.6 is 0 Å². The van der Waals surface area contributed by atoms with Crippen molar-refractivity contribution in [1.82, 2.24) is 0 Å². The Kier molecular flexibility index (Phi) is 37.2. The average Bonchev–Trinajstić information content (AvgIpc) is 3.00. The Hall–Kier alpha value is -0.960. The third-order valence-corrected chi connectivity index (χ3v) is 8.49. The molecule has 0 unspecified atom stereocenters. The number of rotatable bonds is 36. The van der Waals surface area contributed by atoms with Gasteiger partial charge in [-0.3, -0.25) is 0 Å². The second-order valence-corrected chi connectivity index (χ2v) is 12.8. The quantitative estimate of drug-likeness (QED) is 0.0581. The molecular formula is C39H76O3. The molecule has 1 N–H and O–H groups in total. The van der Waals surface area contributed by atoms with Crippen LogP contribution in [0.25, 0.3) is 0 Å². The molecule has 0 aromatic rings. The van der Waals surface area contributed by atoms with Crippen molar-refractivity contribution in [2.75, 3.05) is 13.2 Å². The lowest BCUT2D eigenvalue weighted by Gasteiger charge is -2.13. The molecule has 0 radical (unpaired) electrons. The van der Waals surface area contributed by atoms with Gasteiger partial charge in [0.1, 0.15) is 6.61 Å². The Morgan fingerprint density at radius 2 is 0.738 bits per heavy atom. The summed E-state index contributed by atoms with van der Waals surface area (Å²) >= 11 is 0. The van der Waals surface area contributed by atoms with Crippen LogP contribution < -0.4 is 0 Å². The van der Waals surface area contributed by atoms with Crippen molar-refractivity contribution in [3.63, 3.8) is 0 Å². The number of allylic oxidation sites excluding steroid dienone is 2. The number of hydrogen-bond donors (Lipinski definition) is 1. The fourth-order valence-electron chi connectivity index (χ4n) is 5.58. The van der Waals surface area contributed by atoms with E-state index in [-0.39, 0.29) is 12.7 Å². The van der Waals surface area contributed by atoms with Crippen molar-refractivity contribution in [3.8, 4) is 0 Å². The van der Waals surface area contributed by atoms with Gasteiger partial charge in [0.2, 0.25) is 0 Å². The monoisotopic (exact) mass is 593 g/mol. The number of aliphatic hydroxyl groups is 1. The first-order valence-electron chi connectivity index (χ1n) is 19.0. The molecule has 3 nitrogen and oxygen atoms in total. The van der Waals surface area contributed by atoms with Crippen molar-refractivity contribution in [2.24, 2.45) is 0 Å². The van der Waals surface area contributed by atoms with Gasteiger partial charge in [0, 0.05) is 0 Å². The van der Waals surface area contributed by atoms with E-state index >= 15 is 0 Å². The first-order chi connectivity index (χ1) is 20.8. The van der Waals surface area contributed by atoms with Crippen molar-refractivity contribution in [1.29, 1.82) is 0 Å². The second-order valence-electron chi connectivity index (χ2n) is 12.8. The molecule has 0 aromatic carbocycles. The Balaban J connectivity index is 3.38. The standard InChI is InChI=1S/C39H76O3/c1-3-5-7-9-11-13-15-17-19-21-23-25-27-29-31-33-35-41-38-39(37-40)42-36-34-32-30-28-26-24-22-20-18-16-14-12-10-8-6-4-2/h33-36,39-40H,3-32,37-38H2,1-2H3/t39-/m0/s1. The predicted octanol–water partition coefficient (Wildman–Crippen LogP) is 13.2. The summed E-state index contributed by atoms with van der Waals surface area (Å²) in [4.78, 5) is 0. The maximum atomic E-state index is 9.54. The lowest BCUT2D eigenvalue weighted by atomic mass is 10.0. The molecule has 0 aliphatic carbocycles. The van der Waals surface area contributed by atoms with Gasteiger partial charge in [-0.25, -0.2) is 0 Å². The van der Waals surface area contributed by atoms with E-state index in [0.29, 0.717) is 6.61 Å². The van der Waals surface area contributed by atoms with Crippen LogP contribution in [0.2, 0.25) is 0 Å². The van der Waals surface area contributed by atoms with E-state index in [1.54, 1.807) is 12.5 Å². The molecule has 250 valence electrons. The van der Waals surface area contributed by atoms with E-state index in [9.17, 15) is 5.11 Å². The summed E-state index contributed by atoms with van der Waals surface area (Å²) in [6.07, 6.45) is 48.6. The largest absolute Gasteiger partial charge is 0.498 e. The molecule has 0 aliphatic rings. The van der Waals surface area contributed by atoms with Gasteiger partial charge in [0.15, 0.2) is 6.10 Å². The molecule has 0 aliphatic heterocycles. The normalized spacial score (nSPS) is 12.5. The molecule has 0 saturated heterocycles. The molecule has 0 saturated carbocycles. The molecule has 0 fully saturated rings. The molecule has 0 aromatic heterocycles. The van der Waals surface area contributed by atoms with Crippen LogP contribution in [0.4, 0.5) is 0 Å². The minimum absolute atomic E-state index is 0.0179. The van der Waals surface area contributed by atoms with Crippen LogP contribution in [0.15, 0.2) is 24.7 Å². The minimum atomic E-state index is -0.289. The van der Waals surface area contributed by atoms with Crippen molar-refractivity contribution in [3.05, 3.63) is 24.7 Å². The minimum Gasteiger partial charge on any atom is -0.498 e. The molecule has 0 bridgehead atoms. The molecule has 3 heteroatoms. The summed E-state index contributed by atoms with van der Waals surface area (Å²) in [6, 6.07) is 0. The van der Waals surface area contributed by atoms with Gasteiger partial charge in [-0.15, -0.1) is 0 Å². The van der Waals surface area contributed by atoms with E-state index in [1.165, 1.54) is 180 Å². The SMILES string of the molecule is CCCCCCCCCCCCCCCCC=COC[C@H](CO)OC=CCCCCCCCCCCCCCCCC. The molecule has 1 atom stereocenters. The van der Waals surface area contributed by atoms with Crippen LogP contribution in [0.1, 0.15) is 206 Å². The highest BCUT2D eigenvalue weighted by Gasteiger charge is 2.05. The van der Waals surface area contributed by atoms with E-state index in [0.717, 1.165) is 12.8 Å². The van der Waals surface area contributed by atoms with Crippen LogP contribution in [0, 0.1) is 0 Å². The topological polar surface area (TPSA) is 38.7 Å². The number of ether oxygens (including phenoxy) is 2.